The van der Waals surface area contributed by atoms with Crippen molar-refractivity contribution in [2.75, 3.05) is 0 Å². The number of rotatable bonds is 3. The summed E-state index contributed by atoms with van der Waals surface area (Å²) in [6, 6.07) is 7.69. The Hall–Kier alpha value is -1.03. The number of oxazole rings is 1. The Kier molecular flexibility index (Phi) is 3.52. The van der Waals surface area contributed by atoms with Crippen molar-refractivity contribution in [3.63, 3.8) is 0 Å². The maximum absolute atomic E-state index is 6.41. The second kappa shape index (κ2) is 5.16. The van der Waals surface area contributed by atoms with E-state index < -0.39 is 0 Å². The lowest BCUT2D eigenvalue weighted by molar-refractivity contribution is 0.526. The van der Waals surface area contributed by atoms with Gasteiger partial charge >= 0.3 is 0 Å². The second-order valence-corrected chi connectivity index (χ2v) is 6.16. The van der Waals surface area contributed by atoms with Crippen LogP contribution in [0.2, 0.25) is 5.02 Å². The molecule has 0 aliphatic heterocycles. The van der Waals surface area contributed by atoms with E-state index in [1.165, 1.54) is 0 Å². The third-order valence-electron chi connectivity index (χ3n) is 2.90. The van der Waals surface area contributed by atoms with E-state index in [1.807, 2.05) is 36.6 Å². The van der Waals surface area contributed by atoms with Gasteiger partial charge < -0.3 is 4.42 Å². The number of hydrogen-bond acceptors (Lipinski definition) is 3. The first-order valence-electron chi connectivity index (χ1n) is 5.87. The Bertz CT molecular complexity index is 686. The average Bonchev–Trinajstić information content (AvgIpc) is 2.93. The summed E-state index contributed by atoms with van der Waals surface area (Å²) in [5.74, 6) is 0.642. The van der Waals surface area contributed by atoms with Crippen LogP contribution in [0.5, 0.6) is 0 Å². The molecule has 98 valence electrons. The van der Waals surface area contributed by atoms with E-state index in [1.54, 1.807) is 11.3 Å². The minimum atomic E-state index is -0.209. The Morgan fingerprint density at radius 3 is 2.84 bits per heavy atom. The van der Waals surface area contributed by atoms with Crippen LogP contribution >= 0.6 is 34.5 Å². The summed E-state index contributed by atoms with van der Waals surface area (Å²) in [4.78, 5) is 5.40. The standard InChI is InChI=1S/C14H11Cl2NOS/c1-8-7-19-14(13(8)16)9(15)6-12-17-10-4-2-3-5-11(10)18-12/h2-5,7,9H,6H2,1H3. The van der Waals surface area contributed by atoms with Crippen molar-refractivity contribution in [3.05, 3.63) is 51.0 Å². The maximum atomic E-state index is 6.41. The smallest absolute Gasteiger partial charge is 0.197 e. The summed E-state index contributed by atoms with van der Waals surface area (Å²) >= 11 is 14.2. The molecule has 0 bridgehead atoms. The number of aromatic nitrogens is 1. The zero-order valence-corrected chi connectivity index (χ0v) is 12.5. The fourth-order valence-corrected chi connectivity index (χ4v) is 3.67. The molecule has 0 saturated heterocycles. The summed E-state index contributed by atoms with van der Waals surface area (Å²) in [6.45, 7) is 1.98. The van der Waals surface area contributed by atoms with E-state index in [0.29, 0.717) is 12.3 Å². The first kappa shape index (κ1) is 13.0. The van der Waals surface area contributed by atoms with Crippen LogP contribution in [0.15, 0.2) is 34.1 Å². The molecule has 1 aromatic carbocycles. The first-order chi connectivity index (χ1) is 9.15. The van der Waals surface area contributed by atoms with Crippen LogP contribution in [-0.2, 0) is 6.42 Å². The van der Waals surface area contributed by atoms with E-state index >= 15 is 0 Å². The Morgan fingerprint density at radius 1 is 1.37 bits per heavy atom. The summed E-state index contributed by atoms with van der Waals surface area (Å²) in [5.41, 5.74) is 2.70. The number of alkyl halides is 1. The predicted octanol–water partition coefficient (Wildman–Crippen LogP) is 5.37. The number of benzene rings is 1. The summed E-state index contributed by atoms with van der Waals surface area (Å²) in [7, 11) is 0. The van der Waals surface area contributed by atoms with Gasteiger partial charge in [0.2, 0.25) is 0 Å². The molecule has 2 heterocycles. The van der Waals surface area contributed by atoms with Crippen molar-refractivity contribution in [3.8, 4) is 0 Å². The fourth-order valence-electron chi connectivity index (χ4n) is 1.91. The van der Waals surface area contributed by atoms with E-state index in [-0.39, 0.29) is 5.38 Å². The summed E-state index contributed by atoms with van der Waals surface area (Å²) in [6.07, 6.45) is 0.538. The molecule has 1 atom stereocenters. The van der Waals surface area contributed by atoms with Crippen LogP contribution in [0.4, 0.5) is 0 Å². The molecule has 0 saturated carbocycles. The Labute approximate surface area is 125 Å². The average molecular weight is 312 g/mol. The van der Waals surface area contributed by atoms with Gasteiger partial charge in [-0.2, -0.15) is 0 Å². The van der Waals surface area contributed by atoms with Gasteiger partial charge in [0.25, 0.3) is 0 Å². The van der Waals surface area contributed by atoms with Crippen LogP contribution in [0.3, 0.4) is 0 Å². The molecule has 0 aliphatic rings. The third kappa shape index (κ3) is 2.50. The number of aryl methyl sites for hydroxylation is 1. The monoisotopic (exact) mass is 311 g/mol. The Morgan fingerprint density at radius 2 is 2.16 bits per heavy atom. The molecule has 2 aromatic heterocycles. The zero-order valence-electron chi connectivity index (χ0n) is 10.2. The molecule has 2 nitrogen and oxygen atoms in total. The van der Waals surface area contributed by atoms with E-state index in [9.17, 15) is 0 Å². The highest BCUT2D eigenvalue weighted by Crippen LogP contribution is 2.37. The second-order valence-electron chi connectivity index (χ2n) is 4.34. The number of fused-ring (bicyclic) bond motifs is 1. The predicted molar refractivity (Wildman–Crippen MR) is 80.4 cm³/mol. The zero-order chi connectivity index (χ0) is 13.4. The lowest BCUT2D eigenvalue weighted by Gasteiger charge is -2.05. The van der Waals surface area contributed by atoms with Crippen LogP contribution in [-0.4, -0.2) is 4.98 Å². The van der Waals surface area contributed by atoms with Crippen molar-refractivity contribution < 1.29 is 4.42 Å². The Balaban J connectivity index is 1.86. The number of para-hydroxylation sites is 2. The number of thiophene rings is 1. The topological polar surface area (TPSA) is 26.0 Å². The van der Waals surface area contributed by atoms with Gasteiger partial charge in [-0.05, 0) is 30.0 Å². The van der Waals surface area contributed by atoms with E-state index in [2.05, 4.69) is 4.98 Å². The molecule has 3 aromatic rings. The highest BCUT2D eigenvalue weighted by Gasteiger charge is 2.18. The van der Waals surface area contributed by atoms with Crippen LogP contribution in [0.1, 0.15) is 21.7 Å². The molecule has 5 heteroatoms. The van der Waals surface area contributed by atoms with Crippen molar-refractivity contribution in [1.82, 2.24) is 4.98 Å². The molecule has 0 aliphatic carbocycles. The van der Waals surface area contributed by atoms with Gasteiger partial charge in [0.1, 0.15) is 5.52 Å². The van der Waals surface area contributed by atoms with Gasteiger partial charge in [-0.25, -0.2) is 4.98 Å². The molecule has 0 amide bonds. The lowest BCUT2D eigenvalue weighted by Crippen LogP contribution is -1.94. The van der Waals surface area contributed by atoms with Gasteiger partial charge in [0.15, 0.2) is 11.5 Å². The van der Waals surface area contributed by atoms with Crippen LogP contribution < -0.4 is 0 Å². The van der Waals surface area contributed by atoms with Gasteiger partial charge in [-0.1, -0.05) is 23.7 Å². The number of hydrogen-bond donors (Lipinski definition) is 0. The highest BCUT2D eigenvalue weighted by molar-refractivity contribution is 7.11. The number of halogens is 2. The molecule has 3 rings (SSSR count). The highest BCUT2D eigenvalue weighted by atomic mass is 35.5. The molecule has 19 heavy (non-hydrogen) atoms. The van der Waals surface area contributed by atoms with Crippen molar-refractivity contribution in [1.29, 1.82) is 0 Å². The van der Waals surface area contributed by atoms with Gasteiger partial charge in [-0.15, -0.1) is 22.9 Å². The minimum absolute atomic E-state index is 0.209. The van der Waals surface area contributed by atoms with Crippen molar-refractivity contribution >= 4 is 45.6 Å². The molecule has 1 unspecified atom stereocenters. The van der Waals surface area contributed by atoms with Crippen LogP contribution in [0, 0.1) is 6.92 Å². The number of nitrogens with zero attached hydrogens (tertiary/aromatic N) is 1. The molecule has 0 fully saturated rings. The first-order valence-corrected chi connectivity index (χ1v) is 7.56. The van der Waals surface area contributed by atoms with Crippen LogP contribution in [0.25, 0.3) is 11.1 Å². The normalized spacial score (nSPS) is 13.0. The summed E-state index contributed by atoms with van der Waals surface area (Å²) < 4.78 is 5.67. The van der Waals surface area contributed by atoms with Crippen molar-refractivity contribution in [2.24, 2.45) is 0 Å². The lowest BCUT2D eigenvalue weighted by atomic mass is 10.2. The molecule has 0 radical (unpaired) electrons. The fraction of sp³-hybridized carbons (Fsp3) is 0.214. The quantitative estimate of drug-likeness (QED) is 0.607. The molecule has 0 spiro atoms. The molecule has 0 N–H and O–H groups in total. The minimum Gasteiger partial charge on any atom is -0.441 e. The van der Waals surface area contributed by atoms with Gasteiger partial charge in [-0.3, -0.25) is 0 Å². The molecular weight excluding hydrogens is 301 g/mol. The van der Waals surface area contributed by atoms with E-state index in [4.69, 9.17) is 27.6 Å². The molecular formula is C14H11Cl2NOS. The van der Waals surface area contributed by atoms with Crippen molar-refractivity contribution in [2.45, 2.75) is 18.7 Å². The summed E-state index contributed by atoms with van der Waals surface area (Å²) in [5, 5.41) is 2.56. The maximum Gasteiger partial charge on any atom is 0.197 e. The van der Waals surface area contributed by atoms with Gasteiger partial charge in [0, 0.05) is 11.3 Å². The largest absolute Gasteiger partial charge is 0.441 e. The van der Waals surface area contributed by atoms with E-state index in [0.717, 1.165) is 26.6 Å². The van der Waals surface area contributed by atoms with Gasteiger partial charge in [0.05, 0.1) is 10.4 Å². The SMILES string of the molecule is Cc1csc(C(Cl)Cc2nc3ccccc3o2)c1Cl. The third-order valence-corrected chi connectivity index (χ3v) is 5.23.